The zero-order chi connectivity index (χ0) is 32.0. The van der Waals surface area contributed by atoms with Crippen LogP contribution in [-0.2, 0) is 20.6 Å². The topological polar surface area (TPSA) is 142 Å². The van der Waals surface area contributed by atoms with E-state index in [1.807, 2.05) is 41.8 Å². The SMILES string of the molecule is CCn1c(-c2ccc(-c3c(C)on(C)c3=O)cc2)cc2nc(C)nc(C(=O)Nc3cccc(C(=O)Nc4cn(C)cn4)c3F)c21. The Morgan fingerprint density at radius 1 is 0.978 bits per heavy atom. The third kappa shape index (κ3) is 5.28. The standard InChI is InChI=1S/C32H29FN8O4/c1-6-41-24(19-10-12-20(13-11-19)26-17(2)45-40(5)32(26)44)14-23-29(41)28(36-18(3)35-23)31(43)37-22-9-7-8-21(27(22)33)30(42)38-25-15-39(4)16-34-25/h7-16H,6H2,1-5H3,(H,37,43)(H,38,42). The highest BCUT2D eigenvalue weighted by Crippen LogP contribution is 2.31. The summed E-state index contributed by atoms with van der Waals surface area (Å²) in [5.74, 6) is -1.11. The van der Waals surface area contributed by atoms with Crippen molar-refractivity contribution in [3.05, 3.63) is 100 Å². The quantitative estimate of drug-likeness (QED) is 0.258. The van der Waals surface area contributed by atoms with Crippen LogP contribution in [0.25, 0.3) is 33.4 Å². The van der Waals surface area contributed by atoms with E-state index in [4.69, 9.17) is 4.52 Å². The average Bonchev–Trinajstić information content (AvgIpc) is 3.67. The van der Waals surface area contributed by atoms with E-state index in [0.29, 0.717) is 34.7 Å². The van der Waals surface area contributed by atoms with E-state index in [1.165, 1.54) is 29.3 Å². The van der Waals surface area contributed by atoms with Gasteiger partial charge in [-0.1, -0.05) is 30.3 Å². The van der Waals surface area contributed by atoms with E-state index in [0.717, 1.165) is 16.8 Å². The van der Waals surface area contributed by atoms with Gasteiger partial charge in [-0.05, 0) is 50.1 Å². The van der Waals surface area contributed by atoms with Gasteiger partial charge in [0.1, 0.15) is 11.6 Å². The van der Waals surface area contributed by atoms with Crippen LogP contribution in [-0.4, -0.2) is 40.6 Å². The highest BCUT2D eigenvalue weighted by atomic mass is 19.1. The van der Waals surface area contributed by atoms with E-state index in [-0.39, 0.29) is 28.3 Å². The maximum atomic E-state index is 15.5. The Morgan fingerprint density at radius 3 is 2.36 bits per heavy atom. The maximum absolute atomic E-state index is 15.5. The molecule has 0 aliphatic rings. The van der Waals surface area contributed by atoms with Crippen molar-refractivity contribution >= 4 is 34.4 Å². The van der Waals surface area contributed by atoms with Gasteiger partial charge < -0.3 is 24.3 Å². The van der Waals surface area contributed by atoms with Gasteiger partial charge in [-0.25, -0.2) is 19.3 Å². The van der Waals surface area contributed by atoms with Crippen molar-refractivity contribution in [1.29, 1.82) is 0 Å². The number of benzene rings is 2. The van der Waals surface area contributed by atoms with E-state index >= 15 is 4.39 Å². The summed E-state index contributed by atoms with van der Waals surface area (Å²) in [5.41, 5.74) is 3.24. The number of nitrogens with zero attached hydrogens (tertiary/aromatic N) is 6. The van der Waals surface area contributed by atoms with Crippen LogP contribution in [0.1, 0.15) is 39.4 Å². The number of carbonyl (C=O) groups excluding carboxylic acids is 2. The van der Waals surface area contributed by atoms with Crippen LogP contribution in [0, 0.1) is 19.7 Å². The molecule has 0 saturated carbocycles. The summed E-state index contributed by atoms with van der Waals surface area (Å²) in [6.45, 7) is 5.82. The largest absolute Gasteiger partial charge is 0.381 e. The molecule has 0 atom stereocenters. The van der Waals surface area contributed by atoms with Crippen molar-refractivity contribution in [1.82, 2.24) is 28.8 Å². The van der Waals surface area contributed by atoms with Gasteiger partial charge in [-0.3, -0.25) is 14.4 Å². The Kier molecular flexibility index (Phi) is 7.36. The van der Waals surface area contributed by atoms with Crippen molar-refractivity contribution in [2.75, 3.05) is 10.6 Å². The summed E-state index contributed by atoms with van der Waals surface area (Å²) in [6.07, 6.45) is 3.09. The second-order valence-electron chi connectivity index (χ2n) is 10.5. The van der Waals surface area contributed by atoms with Gasteiger partial charge in [0.15, 0.2) is 17.3 Å². The molecule has 0 aliphatic heterocycles. The van der Waals surface area contributed by atoms with Gasteiger partial charge in [0.05, 0.1) is 39.9 Å². The molecule has 2 N–H and O–H groups in total. The molecular formula is C32H29FN8O4. The molecule has 4 aromatic heterocycles. The maximum Gasteiger partial charge on any atom is 0.290 e. The Balaban J connectivity index is 1.34. The van der Waals surface area contributed by atoms with Gasteiger partial charge in [-0.15, -0.1) is 0 Å². The fraction of sp³-hybridized carbons (Fsp3) is 0.188. The number of anilines is 2. The molecule has 228 valence electrons. The summed E-state index contributed by atoms with van der Waals surface area (Å²) < 4.78 is 25.7. The van der Waals surface area contributed by atoms with Crippen LogP contribution < -0.4 is 16.2 Å². The molecule has 0 aliphatic carbocycles. The van der Waals surface area contributed by atoms with Crippen molar-refractivity contribution < 1.29 is 18.5 Å². The Labute approximate surface area is 256 Å². The minimum absolute atomic E-state index is 0.0579. The predicted octanol–water partition coefficient (Wildman–Crippen LogP) is 5.07. The fourth-order valence-electron chi connectivity index (χ4n) is 5.39. The lowest BCUT2D eigenvalue weighted by Gasteiger charge is -2.13. The van der Waals surface area contributed by atoms with Crippen LogP contribution in [0.2, 0.25) is 0 Å². The third-order valence-electron chi connectivity index (χ3n) is 7.42. The predicted molar refractivity (Wildman–Crippen MR) is 167 cm³/mol. The first-order chi connectivity index (χ1) is 21.5. The first-order valence-electron chi connectivity index (χ1n) is 14.1. The van der Waals surface area contributed by atoms with Crippen molar-refractivity contribution in [3.63, 3.8) is 0 Å². The molecular weight excluding hydrogens is 579 g/mol. The summed E-state index contributed by atoms with van der Waals surface area (Å²) in [4.78, 5) is 52.0. The molecule has 0 radical (unpaired) electrons. The number of aryl methyl sites for hydroxylation is 5. The second kappa shape index (κ2) is 11.3. The van der Waals surface area contributed by atoms with Crippen LogP contribution >= 0.6 is 0 Å². The first kappa shape index (κ1) is 29.2. The lowest BCUT2D eigenvalue weighted by atomic mass is 10.0. The molecule has 4 heterocycles. The van der Waals surface area contributed by atoms with Crippen molar-refractivity contribution in [2.24, 2.45) is 14.1 Å². The average molecular weight is 609 g/mol. The molecule has 0 spiro atoms. The van der Waals surface area contributed by atoms with Gasteiger partial charge in [0.2, 0.25) is 0 Å². The first-order valence-corrected chi connectivity index (χ1v) is 14.1. The van der Waals surface area contributed by atoms with E-state index < -0.39 is 17.6 Å². The summed E-state index contributed by atoms with van der Waals surface area (Å²) in [7, 11) is 3.31. The molecule has 12 nitrogen and oxygen atoms in total. The molecule has 6 aromatic rings. The summed E-state index contributed by atoms with van der Waals surface area (Å²) in [6, 6.07) is 13.5. The summed E-state index contributed by atoms with van der Waals surface area (Å²) >= 11 is 0. The van der Waals surface area contributed by atoms with Crippen LogP contribution in [0.15, 0.2) is 70.4 Å². The monoisotopic (exact) mass is 608 g/mol. The number of fused-ring (bicyclic) bond motifs is 1. The lowest BCUT2D eigenvalue weighted by molar-refractivity contribution is 0.101. The minimum Gasteiger partial charge on any atom is -0.381 e. The minimum atomic E-state index is -0.893. The molecule has 6 rings (SSSR count). The van der Waals surface area contributed by atoms with Crippen LogP contribution in [0.4, 0.5) is 15.9 Å². The van der Waals surface area contributed by atoms with Crippen molar-refractivity contribution in [3.8, 4) is 22.4 Å². The Morgan fingerprint density at radius 2 is 1.71 bits per heavy atom. The third-order valence-corrected chi connectivity index (χ3v) is 7.42. The molecule has 2 aromatic carbocycles. The van der Waals surface area contributed by atoms with Gasteiger partial charge in [0.25, 0.3) is 17.4 Å². The number of aromatic nitrogens is 6. The van der Waals surface area contributed by atoms with E-state index in [9.17, 15) is 14.4 Å². The number of hydrogen-bond donors (Lipinski definition) is 2. The van der Waals surface area contributed by atoms with Gasteiger partial charge in [-0.2, -0.15) is 4.74 Å². The van der Waals surface area contributed by atoms with Crippen LogP contribution in [0.3, 0.4) is 0 Å². The molecule has 0 saturated heterocycles. The number of halogens is 1. The number of rotatable bonds is 7. The smallest absolute Gasteiger partial charge is 0.290 e. The summed E-state index contributed by atoms with van der Waals surface area (Å²) in [5, 5.41) is 5.14. The second-order valence-corrected chi connectivity index (χ2v) is 10.5. The van der Waals surface area contributed by atoms with Gasteiger partial charge in [0, 0.05) is 26.8 Å². The highest BCUT2D eigenvalue weighted by Gasteiger charge is 2.23. The van der Waals surface area contributed by atoms with Crippen molar-refractivity contribution in [2.45, 2.75) is 27.3 Å². The number of hydrogen-bond acceptors (Lipinski definition) is 7. The van der Waals surface area contributed by atoms with Gasteiger partial charge >= 0.3 is 0 Å². The molecule has 2 amide bonds. The number of amides is 2. The normalized spacial score (nSPS) is 11.2. The molecule has 45 heavy (non-hydrogen) atoms. The molecule has 0 bridgehead atoms. The fourth-order valence-corrected chi connectivity index (χ4v) is 5.39. The Bertz CT molecular complexity index is 2170. The zero-order valence-electron chi connectivity index (χ0n) is 25.2. The lowest BCUT2D eigenvalue weighted by Crippen LogP contribution is -2.19. The van der Waals surface area contributed by atoms with E-state index in [1.54, 1.807) is 38.7 Å². The molecule has 0 fully saturated rings. The molecule has 13 heteroatoms. The number of nitrogens with one attached hydrogen (secondary N) is 2. The number of carbonyl (C=O) groups is 2. The van der Waals surface area contributed by atoms with E-state index in [2.05, 4.69) is 25.6 Å². The Hall–Kier alpha value is -5.85. The highest BCUT2D eigenvalue weighted by molar-refractivity contribution is 6.11. The van der Waals surface area contributed by atoms with Crippen LogP contribution in [0.5, 0.6) is 0 Å². The number of imidazole rings is 1. The molecule has 0 unspecified atom stereocenters. The zero-order valence-corrected chi connectivity index (χ0v) is 25.2.